The van der Waals surface area contributed by atoms with Crippen LogP contribution in [0.15, 0.2) is 30.3 Å². The van der Waals surface area contributed by atoms with Gasteiger partial charge in [0, 0.05) is 24.9 Å². The van der Waals surface area contributed by atoms with E-state index in [4.69, 9.17) is 0 Å². The van der Waals surface area contributed by atoms with Crippen molar-refractivity contribution in [1.29, 1.82) is 0 Å². The van der Waals surface area contributed by atoms with Gasteiger partial charge in [0.25, 0.3) is 0 Å². The first-order valence-corrected chi connectivity index (χ1v) is 6.23. The van der Waals surface area contributed by atoms with Crippen LogP contribution in [0.4, 0.5) is 0 Å². The minimum absolute atomic E-state index is 0.0148. The Bertz CT molecular complexity index is 377. The van der Waals surface area contributed by atoms with E-state index in [0.29, 0.717) is 12.1 Å². The number of carbonyl (C=O) groups excluding carboxylic acids is 2. The molecule has 0 saturated heterocycles. The topological polar surface area (TPSA) is 58.2 Å². The van der Waals surface area contributed by atoms with E-state index in [1.54, 1.807) is 12.1 Å². The molecule has 1 aromatic rings. The van der Waals surface area contributed by atoms with Gasteiger partial charge < -0.3 is 10.6 Å². The van der Waals surface area contributed by atoms with Crippen LogP contribution in [-0.2, 0) is 4.79 Å². The maximum absolute atomic E-state index is 11.7. The number of nitrogens with one attached hydrogen (secondary N) is 2. The molecule has 4 heteroatoms. The average Bonchev–Trinajstić information content (AvgIpc) is 2.42. The number of rotatable bonds is 8. The predicted molar refractivity (Wildman–Crippen MR) is 71.6 cm³/mol. The van der Waals surface area contributed by atoms with E-state index in [-0.39, 0.29) is 24.5 Å². The maximum Gasteiger partial charge on any atom is 0.220 e. The highest BCUT2D eigenvalue weighted by Gasteiger charge is 2.08. The molecule has 1 rings (SSSR count). The molecule has 0 fully saturated rings. The lowest BCUT2D eigenvalue weighted by Gasteiger charge is -2.04. The SMILES string of the molecule is CNCCCNC(=O)CCC(=O)c1ccccc1. The number of benzene rings is 1. The molecule has 0 aliphatic carbocycles. The first kappa shape index (κ1) is 14.4. The Hall–Kier alpha value is -1.68. The third-order valence-electron chi connectivity index (χ3n) is 2.60. The molecule has 0 bridgehead atoms. The Morgan fingerprint density at radius 2 is 1.78 bits per heavy atom. The van der Waals surface area contributed by atoms with Gasteiger partial charge in [0.1, 0.15) is 0 Å². The summed E-state index contributed by atoms with van der Waals surface area (Å²) in [7, 11) is 1.88. The number of ketones is 1. The Kier molecular flexibility index (Phi) is 6.72. The van der Waals surface area contributed by atoms with Crippen molar-refractivity contribution < 1.29 is 9.59 Å². The molecular formula is C14H20N2O2. The van der Waals surface area contributed by atoms with Gasteiger partial charge in [0.05, 0.1) is 0 Å². The van der Waals surface area contributed by atoms with Gasteiger partial charge in [-0.1, -0.05) is 30.3 Å². The van der Waals surface area contributed by atoms with Crippen molar-refractivity contribution in [3.05, 3.63) is 35.9 Å². The van der Waals surface area contributed by atoms with Crippen LogP contribution in [0, 0.1) is 0 Å². The molecule has 1 aromatic carbocycles. The Labute approximate surface area is 108 Å². The Morgan fingerprint density at radius 3 is 2.44 bits per heavy atom. The number of carbonyl (C=O) groups is 2. The molecule has 4 nitrogen and oxygen atoms in total. The summed E-state index contributed by atoms with van der Waals surface area (Å²) in [6, 6.07) is 9.06. The van der Waals surface area contributed by atoms with E-state index in [1.165, 1.54) is 0 Å². The van der Waals surface area contributed by atoms with E-state index in [9.17, 15) is 9.59 Å². The van der Waals surface area contributed by atoms with Gasteiger partial charge >= 0.3 is 0 Å². The smallest absolute Gasteiger partial charge is 0.220 e. The Balaban J connectivity index is 2.20. The van der Waals surface area contributed by atoms with Crippen LogP contribution in [0.5, 0.6) is 0 Å². The second-order valence-electron chi connectivity index (χ2n) is 4.10. The largest absolute Gasteiger partial charge is 0.356 e. The molecule has 0 unspecified atom stereocenters. The second-order valence-corrected chi connectivity index (χ2v) is 4.10. The van der Waals surface area contributed by atoms with Crippen molar-refractivity contribution in [2.45, 2.75) is 19.3 Å². The molecule has 0 saturated carbocycles. The zero-order valence-electron chi connectivity index (χ0n) is 10.7. The molecule has 0 aromatic heterocycles. The number of Topliss-reactive ketones (excluding diaryl/α,β-unsaturated/α-hetero) is 1. The van der Waals surface area contributed by atoms with Crippen LogP contribution < -0.4 is 10.6 Å². The van der Waals surface area contributed by atoms with Gasteiger partial charge in [0.2, 0.25) is 5.91 Å². The van der Waals surface area contributed by atoms with Crippen LogP contribution in [0.2, 0.25) is 0 Å². The quantitative estimate of drug-likeness (QED) is 0.539. The highest BCUT2D eigenvalue weighted by molar-refractivity contribution is 5.97. The zero-order chi connectivity index (χ0) is 13.2. The number of amides is 1. The maximum atomic E-state index is 11.7. The summed E-state index contributed by atoms with van der Waals surface area (Å²) >= 11 is 0. The molecule has 0 atom stereocenters. The average molecular weight is 248 g/mol. The van der Waals surface area contributed by atoms with Crippen LogP contribution in [0.25, 0.3) is 0 Å². The van der Waals surface area contributed by atoms with Gasteiger partial charge in [-0.15, -0.1) is 0 Å². The molecule has 1 amide bonds. The van der Waals surface area contributed by atoms with E-state index >= 15 is 0 Å². The van der Waals surface area contributed by atoms with Crippen molar-refractivity contribution in [2.75, 3.05) is 20.1 Å². The van der Waals surface area contributed by atoms with Crippen molar-refractivity contribution in [2.24, 2.45) is 0 Å². The lowest BCUT2D eigenvalue weighted by Crippen LogP contribution is -2.26. The normalized spacial score (nSPS) is 10.1. The first-order valence-electron chi connectivity index (χ1n) is 6.23. The van der Waals surface area contributed by atoms with Crippen molar-refractivity contribution in [3.8, 4) is 0 Å². The van der Waals surface area contributed by atoms with Crippen LogP contribution in [0.3, 0.4) is 0 Å². The summed E-state index contributed by atoms with van der Waals surface area (Å²) in [4.78, 5) is 23.2. The third kappa shape index (κ3) is 5.59. The minimum Gasteiger partial charge on any atom is -0.356 e. The van der Waals surface area contributed by atoms with Crippen LogP contribution >= 0.6 is 0 Å². The molecular weight excluding hydrogens is 228 g/mol. The van der Waals surface area contributed by atoms with Crippen molar-refractivity contribution in [1.82, 2.24) is 10.6 Å². The lowest BCUT2D eigenvalue weighted by molar-refractivity contribution is -0.121. The van der Waals surface area contributed by atoms with Gasteiger partial charge in [-0.3, -0.25) is 9.59 Å². The van der Waals surface area contributed by atoms with Crippen molar-refractivity contribution in [3.63, 3.8) is 0 Å². The predicted octanol–water partition coefficient (Wildman–Crippen LogP) is 1.38. The van der Waals surface area contributed by atoms with Crippen LogP contribution in [-0.4, -0.2) is 31.8 Å². The molecule has 0 heterocycles. The van der Waals surface area contributed by atoms with Gasteiger partial charge in [-0.05, 0) is 20.0 Å². The first-order chi connectivity index (χ1) is 8.74. The van der Waals surface area contributed by atoms with Gasteiger partial charge in [-0.25, -0.2) is 0 Å². The standard InChI is InChI=1S/C14H20N2O2/c1-15-10-5-11-16-14(18)9-8-13(17)12-6-3-2-4-7-12/h2-4,6-7,15H,5,8-11H2,1H3,(H,16,18). The van der Waals surface area contributed by atoms with Crippen molar-refractivity contribution >= 4 is 11.7 Å². The van der Waals surface area contributed by atoms with Gasteiger partial charge in [-0.2, -0.15) is 0 Å². The zero-order valence-corrected chi connectivity index (χ0v) is 10.7. The molecule has 98 valence electrons. The fraction of sp³-hybridized carbons (Fsp3) is 0.429. The molecule has 0 aliphatic heterocycles. The second kappa shape index (κ2) is 8.42. The van der Waals surface area contributed by atoms with Crippen LogP contribution in [0.1, 0.15) is 29.6 Å². The third-order valence-corrected chi connectivity index (χ3v) is 2.60. The van der Waals surface area contributed by atoms with E-state index in [0.717, 1.165) is 13.0 Å². The highest BCUT2D eigenvalue weighted by atomic mass is 16.2. The summed E-state index contributed by atoms with van der Waals surface area (Å²) in [5.41, 5.74) is 0.667. The van der Waals surface area contributed by atoms with E-state index in [1.807, 2.05) is 25.2 Å². The van der Waals surface area contributed by atoms with E-state index in [2.05, 4.69) is 10.6 Å². The summed E-state index contributed by atoms with van der Waals surface area (Å²) in [5, 5.41) is 5.80. The summed E-state index contributed by atoms with van der Waals surface area (Å²) < 4.78 is 0. The highest BCUT2D eigenvalue weighted by Crippen LogP contribution is 2.04. The molecule has 0 aliphatic rings. The summed E-state index contributed by atoms with van der Waals surface area (Å²) in [5.74, 6) is -0.0450. The lowest BCUT2D eigenvalue weighted by atomic mass is 10.1. The summed E-state index contributed by atoms with van der Waals surface area (Å²) in [6.07, 6.45) is 1.42. The monoisotopic (exact) mass is 248 g/mol. The molecule has 0 radical (unpaired) electrons. The minimum atomic E-state index is -0.0598. The summed E-state index contributed by atoms with van der Waals surface area (Å²) in [6.45, 7) is 1.53. The molecule has 2 N–H and O–H groups in total. The molecule has 18 heavy (non-hydrogen) atoms. The Morgan fingerprint density at radius 1 is 1.06 bits per heavy atom. The fourth-order valence-electron chi connectivity index (χ4n) is 1.58. The number of hydrogen-bond donors (Lipinski definition) is 2. The van der Waals surface area contributed by atoms with Gasteiger partial charge in [0.15, 0.2) is 5.78 Å². The number of hydrogen-bond acceptors (Lipinski definition) is 3. The molecule has 0 spiro atoms. The fourth-order valence-corrected chi connectivity index (χ4v) is 1.58. The van der Waals surface area contributed by atoms with E-state index < -0.39 is 0 Å².